The number of hydrogen-bond acceptors (Lipinski definition) is 3. The molecule has 0 saturated heterocycles. The van der Waals surface area contributed by atoms with Crippen LogP contribution in [-0.2, 0) is 0 Å². The van der Waals surface area contributed by atoms with Crippen molar-refractivity contribution in [3.05, 3.63) is 24.5 Å². The zero-order chi connectivity index (χ0) is 10.2. The van der Waals surface area contributed by atoms with Crippen LogP contribution in [0, 0.1) is 0 Å². The van der Waals surface area contributed by atoms with E-state index in [1.807, 2.05) is 12.1 Å². The first-order valence-electron chi connectivity index (χ1n) is 4.38. The lowest BCUT2D eigenvalue weighted by atomic mass is 10.4. The molecule has 0 saturated carbocycles. The molecule has 0 aliphatic rings. The Labute approximate surface area is 88.4 Å². The van der Waals surface area contributed by atoms with E-state index in [4.69, 9.17) is 17.3 Å². The minimum absolute atomic E-state index is 0.169. The van der Waals surface area contributed by atoms with Gasteiger partial charge in [-0.05, 0) is 30.8 Å². The third-order valence-electron chi connectivity index (χ3n) is 1.54. The van der Waals surface area contributed by atoms with Gasteiger partial charge in [0.1, 0.15) is 0 Å². The van der Waals surface area contributed by atoms with Gasteiger partial charge in [-0.1, -0.05) is 0 Å². The van der Waals surface area contributed by atoms with Gasteiger partial charge in [-0.2, -0.15) is 0 Å². The smallest absolute Gasteiger partial charge is 0.170 e. The van der Waals surface area contributed by atoms with E-state index in [2.05, 4.69) is 15.6 Å². The van der Waals surface area contributed by atoms with E-state index in [0.29, 0.717) is 18.1 Å². The summed E-state index contributed by atoms with van der Waals surface area (Å²) >= 11 is 5.02. The van der Waals surface area contributed by atoms with Crippen molar-refractivity contribution in [2.45, 2.75) is 6.42 Å². The van der Waals surface area contributed by atoms with Gasteiger partial charge in [-0.15, -0.1) is 0 Å². The Kier molecular flexibility index (Phi) is 4.88. The van der Waals surface area contributed by atoms with Crippen LogP contribution in [0.3, 0.4) is 0 Å². The first-order valence-corrected chi connectivity index (χ1v) is 4.79. The van der Waals surface area contributed by atoms with Crippen molar-refractivity contribution in [1.29, 1.82) is 0 Å². The lowest BCUT2D eigenvalue weighted by Gasteiger charge is -2.08. The maximum atomic E-state index is 8.56. The fraction of sp³-hybridized carbons (Fsp3) is 0.333. The molecule has 0 atom stereocenters. The lowest BCUT2D eigenvalue weighted by molar-refractivity contribution is 0.289. The Balaban J connectivity index is 2.27. The lowest BCUT2D eigenvalue weighted by Crippen LogP contribution is -2.29. The summed E-state index contributed by atoms with van der Waals surface area (Å²) in [6, 6.07) is 3.71. The minimum Gasteiger partial charge on any atom is -0.396 e. The molecule has 0 radical (unpaired) electrons. The molecule has 4 nitrogen and oxygen atoms in total. The molecule has 0 unspecified atom stereocenters. The molecule has 76 valence electrons. The van der Waals surface area contributed by atoms with Crippen LogP contribution in [0.15, 0.2) is 24.5 Å². The van der Waals surface area contributed by atoms with Crippen molar-refractivity contribution in [2.24, 2.45) is 0 Å². The second-order valence-electron chi connectivity index (χ2n) is 2.70. The molecular weight excluding hydrogens is 198 g/mol. The van der Waals surface area contributed by atoms with Crippen LogP contribution in [0.2, 0.25) is 0 Å². The van der Waals surface area contributed by atoms with Crippen molar-refractivity contribution in [1.82, 2.24) is 10.3 Å². The molecule has 0 aliphatic heterocycles. The topological polar surface area (TPSA) is 57.2 Å². The molecule has 0 aromatic carbocycles. The molecule has 0 spiro atoms. The molecule has 1 heterocycles. The Hall–Kier alpha value is -1.20. The fourth-order valence-corrected chi connectivity index (χ4v) is 1.11. The Morgan fingerprint density at radius 3 is 3.07 bits per heavy atom. The van der Waals surface area contributed by atoms with Gasteiger partial charge < -0.3 is 15.7 Å². The van der Waals surface area contributed by atoms with Gasteiger partial charge in [0.15, 0.2) is 5.11 Å². The van der Waals surface area contributed by atoms with Crippen LogP contribution < -0.4 is 10.6 Å². The van der Waals surface area contributed by atoms with E-state index in [-0.39, 0.29) is 6.61 Å². The highest BCUT2D eigenvalue weighted by Gasteiger charge is 1.95. The van der Waals surface area contributed by atoms with Crippen LogP contribution in [0.4, 0.5) is 5.69 Å². The molecule has 0 aliphatic carbocycles. The van der Waals surface area contributed by atoms with E-state index in [1.54, 1.807) is 12.4 Å². The molecular formula is C9H13N3OS. The number of aliphatic hydroxyl groups excluding tert-OH is 1. The predicted molar refractivity (Wildman–Crippen MR) is 60.2 cm³/mol. The second-order valence-corrected chi connectivity index (χ2v) is 3.11. The van der Waals surface area contributed by atoms with Crippen LogP contribution in [0.25, 0.3) is 0 Å². The third-order valence-corrected chi connectivity index (χ3v) is 1.79. The fourth-order valence-electron chi connectivity index (χ4n) is 0.893. The van der Waals surface area contributed by atoms with E-state index in [1.165, 1.54) is 0 Å². The second kappa shape index (κ2) is 6.28. The molecule has 5 heteroatoms. The normalized spacial score (nSPS) is 9.50. The molecule has 0 fully saturated rings. The van der Waals surface area contributed by atoms with Crippen LogP contribution in [-0.4, -0.2) is 28.4 Å². The third kappa shape index (κ3) is 4.15. The number of hydrogen-bond donors (Lipinski definition) is 3. The Morgan fingerprint density at radius 2 is 2.43 bits per heavy atom. The van der Waals surface area contributed by atoms with Gasteiger partial charge in [-0.25, -0.2) is 0 Å². The summed E-state index contributed by atoms with van der Waals surface area (Å²) in [7, 11) is 0. The highest BCUT2D eigenvalue weighted by atomic mass is 32.1. The Morgan fingerprint density at radius 1 is 1.57 bits per heavy atom. The maximum Gasteiger partial charge on any atom is 0.170 e. The molecule has 14 heavy (non-hydrogen) atoms. The molecule has 0 bridgehead atoms. The summed E-state index contributed by atoms with van der Waals surface area (Å²) in [6.45, 7) is 0.838. The van der Waals surface area contributed by atoms with Gasteiger partial charge in [0.2, 0.25) is 0 Å². The van der Waals surface area contributed by atoms with Crippen molar-refractivity contribution in [3.8, 4) is 0 Å². The highest BCUT2D eigenvalue weighted by molar-refractivity contribution is 7.80. The van der Waals surface area contributed by atoms with Gasteiger partial charge in [0.25, 0.3) is 0 Å². The van der Waals surface area contributed by atoms with Gasteiger partial charge in [0.05, 0.1) is 11.9 Å². The zero-order valence-electron chi connectivity index (χ0n) is 7.73. The standard InChI is InChI=1S/C9H13N3OS/c13-6-2-5-11-9(14)12-8-3-1-4-10-7-8/h1,3-4,7,13H,2,5-6H2,(H2,11,12,14). The Bertz CT molecular complexity index is 279. The maximum absolute atomic E-state index is 8.56. The van der Waals surface area contributed by atoms with E-state index in [0.717, 1.165) is 5.69 Å². The monoisotopic (exact) mass is 211 g/mol. The van der Waals surface area contributed by atoms with E-state index in [9.17, 15) is 0 Å². The van der Waals surface area contributed by atoms with Crippen molar-refractivity contribution in [3.63, 3.8) is 0 Å². The average molecular weight is 211 g/mol. The van der Waals surface area contributed by atoms with Gasteiger partial charge >= 0.3 is 0 Å². The number of anilines is 1. The number of nitrogens with zero attached hydrogens (tertiary/aromatic N) is 1. The predicted octanol–water partition coefficient (Wildman–Crippen LogP) is 0.750. The summed E-state index contributed by atoms with van der Waals surface area (Å²) in [6.07, 6.45) is 4.09. The van der Waals surface area contributed by atoms with Gasteiger partial charge in [0, 0.05) is 19.3 Å². The van der Waals surface area contributed by atoms with Crippen LogP contribution in [0.5, 0.6) is 0 Å². The summed E-state index contributed by atoms with van der Waals surface area (Å²) < 4.78 is 0. The molecule has 1 aromatic heterocycles. The number of thiocarbonyl (C=S) groups is 1. The number of aromatic nitrogens is 1. The van der Waals surface area contributed by atoms with Crippen LogP contribution >= 0.6 is 12.2 Å². The SMILES string of the molecule is OCCCNC(=S)Nc1cccnc1. The first-order chi connectivity index (χ1) is 6.83. The van der Waals surface area contributed by atoms with Crippen molar-refractivity contribution >= 4 is 23.0 Å². The van der Waals surface area contributed by atoms with Crippen molar-refractivity contribution < 1.29 is 5.11 Å². The highest BCUT2D eigenvalue weighted by Crippen LogP contribution is 2.01. The largest absolute Gasteiger partial charge is 0.396 e. The molecule has 1 rings (SSSR count). The summed E-state index contributed by atoms with van der Waals surface area (Å²) in [5.41, 5.74) is 0.856. The number of nitrogens with one attached hydrogen (secondary N) is 2. The molecule has 0 amide bonds. The minimum atomic E-state index is 0.169. The van der Waals surface area contributed by atoms with Crippen molar-refractivity contribution in [2.75, 3.05) is 18.5 Å². The average Bonchev–Trinajstić information content (AvgIpc) is 2.20. The summed E-state index contributed by atoms with van der Waals surface area (Å²) in [5, 5.41) is 15.0. The van der Waals surface area contributed by atoms with Crippen LogP contribution in [0.1, 0.15) is 6.42 Å². The summed E-state index contributed by atoms with van der Waals surface area (Å²) in [4.78, 5) is 3.94. The van der Waals surface area contributed by atoms with Gasteiger partial charge in [-0.3, -0.25) is 4.98 Å². The number of rotatable bonds is 4. The zero-order valence-corrected chi connectivity index (χ0v) is 8.55. The first kappa shape index (κ1) is 10.9. The van der Waals surface area contributed by atoms with E-state index < -0.39 is 0 Å². The summed E-state index contributed by atoms with van der Waals surface area (Å²) in [5.74, 6) is 0. The van der Waals surface area contributed by atoms with E-state index >= 15 is 0 Å². The molecule has 3 N–H and O–H groups in total. The quantitative estimate of drug-likeness (QED) is 0.507. The number of pyridine rings is 1. The molecule has 1 aromatic rings. The number of aliphatic hydroxyl groups is 1.